The van der Waals surface area contributed by atoms with Crippen LogP contribution in [0.1, 0.15) is 13.8 Å². The molecule has 94 valence electrons. The van der Waals surface area contributed by atoms with Gasteiger partial charge in [-0.2, -0.15) is 0 Å². The Balaban J connectivity index is 3.05. The van der Waals surface area contributed by atoms with Crippen LogP contribution in [0.5, 0.6) is 0 Å². The fourth-order valence-corrected chi connectivity index (χ4v) is 1.46. The standard InChI is InChI=1S/C10H12Cl2N2O3/c1-10(2,15)5-13-8-3-6(11)7(12)4-9(8)14(16)17/h3-4,13,15H,5H2,1-2H3. The molecular weight excluding hydrogens is 267 g/mol. The molecule has 2 N–H and O–H groups in total. The minimum Gasteiger partial charge on any atom is -0.389 e. The average molecular weight is 279 g/mol. The number of halogens is 2. The lowest BCUT2D eigenvalue weighted by atomic mass is 10.1. The van der Waals surface area contributed by atoms with Crippen molar-refractivity contribution in [3.63, 3.8) is 0 Å². The topological polar surface area (TPSA) is 75.4 Å². The van der Waals surface area contributed by atoms with Crippen LogP contribution in [0, 0.1) is 10.1 Å². The lowest BCUT2D eigenvalue weighted by Crippen LogP contribution is -2.29. The summed E-state index contributed by atoms with van der Waals surface area (Å²) in [6, 6.07) is 2.55. The predicted molar refractivity (Wildman–Crippen MR) is 67.9 cm³/mol. The lowest BCUT2D eigenvalue weighted by molar-refractivity contribution is -0.383. The second-order valence-electron chi connectivity index (χ2n) is 4.21. The van der Waals surface area contributed by atoms with Gasteiger partial charge in [0.05, 0.1) is 20.6 Å². The highest BCUT2D eigenvalue weighted by atomic mass is 35.5. The Morgan fingerprint density at radius 2 is 1.94 bits per heavy atom. The van der Waals surface area contributed by atoms with E-state index in [1.54, 1.807) is 13.8 Å². The normalized spacial score (nSPS) is 11.4. The minimum absolute atomic E-state index is 0.118. The average Bonchev–Trinajstić information content (AvgIpc) is 2.17. The van der Waals surface area contributed by atoms with Gasteiger partial charge in [-0.15, -0.1) is 0 Å². The maximum atomic E-state index is 10.8. The van der Waals surface area contributed by atoms with Crippen LogP contribution < -0.4 is 5.32 Å². The second-order valence-corrected chi connectivity index (χ2v) is 5.02. The molecule has 0 aromatic heterocycles. The van der Waals surface area contributed by atoms with Crippen molar-refractivity contribution in [2.45, 2.75) is 19.4 Å². The summed E-state index contributed by atoms with van der Waals surface area (Å²) < 4.78 is 0. The van der Waals surface area contributed by atoms with Gasteiger partial charge in [0.1, 0.15) is 5.69 Å². The molecule has 1 aromatic carbocycles. The maximum absolute atomic E-state index is 10.8. The lowest BCUT2D eigenvalue weighted by Gasteiger charge is -2.18. The summed E-state index contributed by atoms with van der Waals surface area (Å²) in [5, 5.41) is 23.5. The zero-order valence-electron chi connectivity index (χ0n) is 9.33. The minimum atomic E-state index is -0.986. The maximum Gasteiger partial charge on any atom is 0.293 e. The van der Waals surface area contributed by atoms with Gasteiger partial charge in [-0.1, -0.05) is 23.2 Å². The van der Waals surface area contributed by atoms with E-state index in [0.717, 1.165) is 0 Å². The predicted octanol–water partition coefficient (Wildman–Crippen LogP) is 3.08. The Morgan fingerprint density at radius 1 is 1.41 bits per heavy atom. The number of aliphatic hydroxyl groups is 1. The summed E-state index contributed by atoms with van der Waals surface area (Å²) in [4.78, 5) is 10.3. The molecule has 0 amide bonds. The third-order valence-electron chi connectivity index (χ3n) is 1.95. The van der Waals surface area contributed by atoms with Crippen molar-refractivity contribution in [3.8, 4) is 0 Å². The van der Waals surface area contributed by atoms with E-state index in [1.807, 2.05) is 0 Å². The Bertz CT molecular complexity index is 444. The zero-order valence-corrected chi connectivity index (χ0v) is 10.8. The number of benzene rings is 1. The summed E-state index contributed by atoms with van der Waals surface area (Å²) in [5.41, 5.74) is -0.935. The summed E-state index contributed by atoms with van der Waals surface area (Å²) in [6.45, 7) is 3.33. The van der Waals surface area contributed by atoms with Crippen molar-refractivity contribution in [1.29, 1.82) is 0 Å². The number of anilines is 1. The number of nitrogens with zero attached hydrogens (tertiary/aromatic N) is 1. The van der Waals surface area contributed by atoms with Gasteiger partial charge in [-0.3, -0.25) is 10.1 Å². The molecule has 0 aliphatic heterocycles. The van der Waals surface area contributed by atoms with E-state index in [2.05, 4.69) is 5.32 Å². The van der Waals surface area contributed by atoms with Gasteiger partial charge in [0.2, 0.25) is 0 Å². The fraction of sp³-hybridized carbons (Fsp3) is 0.400. The molecule has 0 aliphatic rings. The van der Waals surface area contributed by atoms with Crippen LogP contribution in [0.15, 0.2) is 12.1 Å². The number of hydrogen-bond acceptors (Lipinski definition) is 4. The van der Waals surface area contributed by atoms with E-state index in [-0.39, 0.29) is 28.0 Å². The number of nitrogens with one attached hydrogen (secondary N) is 1. The first-order chi connectivity index (χ1) is 7.70. The van der Waals surface area contributed by atoms with Crippen LogP contribution in [0.25, 0.3) is 0 Å². The second kappa shape index (κ2) is 5.08. The molecule has 0 saturated heterocycles. The summed E-state index contributed by atoms with van der Waals surface area (Å²) in [5.74, 6) is 0. The van der Waals surface area contributed by atoms with Crippen LogP contribution in [-0.2, 0) is 0 Å². The Labute approximate surface area is 108 Å². The van der Waals surface area contributed by atoms with Crippen LogP contribution in [0.3, 0.4) is 0 Å². The first-order valence-corrected chi connectivity index (χ1v) is 5.56. The van der Waals surface area contributed by atoms with Crippen molar-refractivity contribution < 1.29 is 10.0 Å². The van der Waals surface area contributed by atoms with E-state index in [9.17, 15) is 15.2 Å². The molecule has 0 atom stereocenters. The van der Waals surface area contributed by atoms with Crippen LogP contribution in [0.2, 0.25) is 10.0 Å². The Hall–Kier alpha value is -1.04. The molecule has 1 rings (SSSR count). The van der Waals surface area contributed by atoms with Gasteiger partial charge in [-0.25, -0.2) is 0 Å². The highest BCUT2D eigenvalue weighted by molar-refractivity contribution is 6.42. The monoisotopic (exact) mass is 278 g/mol. The fourth-order valence-electron chi connectivity index (χ4n) is 1.14. The summed E-state index contributed by atoms with van der Waals surface area (Å²) in [6.07, 6.45) is 0. The highest BCUT2D eigenvalue weighted by Crippen LogP contribution is 2.34. The Morgan fingerprint density at radius 3 is 2.41 bits per heavy atom. The van der Waals surface area contributed by atoms with Gasteiger partial charge in [0, 0.05) is 12.6 Å². The molecule has 0 fully saturated rings. The molecule has 0 bridgehead atoms. The van der Waals surface area contributed by atoms with Crippen LogP contribution in [-0.4, -0.2) is 22.2 Å². The molecule has 0 unspecified atom stereocenters. The van der Waals surface area contributed by atoms with Gasteiger partial charge in [0.25, 0.3) is 5.69 Å². The van der Waals surface area contributed by atoms with Crippen molar-refractivity contribution >= 4 is 34.6 Å². The van der Waals surface area contributed by atoms with Gasteiger partial charge in [0.15, 0.2) is 0 Å². The number of hydrogen-bond donors (Lipinski definition) is 2. The molecule has 0 aliphatic carbocycles. The third kappa shape index (κ3) is 4.03. The Kier molecular flexibility index (Phi) is 4.19. The van der Waals surface area contributed by atoms with E-state index in [4.69, 9.17) is 23.2 Å². The van der Waals surface area contributed by atoms with E-state index in [1.165, 1.54) is 12.1 Å². The van der Waals surface area contributed by atoms with Crippen molar-refractivity contribution in [3.05, 3.63) is 32.3 Å². The van der Waals surface area contributed by atoms with Crippen molar-refractivity contribution in [1.82, 2.24) is 0 Å². The molecule has 0 saturated carbocycles. The molecule has 0 heterocycles. The summed E-state index contributed by atoms with van der Waals surface area (Å²) >= 11 is 11.5. The van der Waals surface area contributed by atoms with Crippen LogP contribution >= 0.6 is 23.2 Å². The van der Waals surface area contributed by atoms with Gasteiger partial charge >= 0.3 is 0 Å². The van der Waals surface area contributed by atoms with Crippen molar-refractivity contribution in [2.24, 2.45) is 0 Å². The van der Waals surface area contributed by atoms with E-state index >= 15 is 0 Å². The zero-order chi connectivity index (χ0) is 13.2. The first kappa shape index (κ1) is 14.0. The molecule has 17 heavy (non-hydrogen) atoms. The molecule has 5 nitrogen and oxygen atoms in total. The van der Waals surface area contributed by atoms with Gasteiger partial charge < -0.3 is 10.4 Å². The molecule has 0 radical (unpaired) electrons. The molecular formula is C10H12Cl2N2O3. The van der Waals surface area contributed by atoms with E-state index < -0.39 is 10.5 Å². The largest absolute Gasteiger partial charge is 0.389 e. The molecule has 7 heteroatoms. The first-order valence-electron chi connectivity index (χ1n) is 4.80. The van der Waals surface area contributed by atoms with Crippen LogP contribution in [0.4, 0.5) is 11.4 Å². The molecule has 0 spiro atoms. The smallest absolute Gasteiger partial charge is 0.293 e. The highest BCUT2D eigenvalue weighted by Gasteiger charge is 2.19. The number of rotatable bonds is 4. The quantitative estimate of drug-likeness (QED) is 0.656. The van der Waals surface area contributed by atoms with Crippen molar-refractivity contribution in [2.75, 3.05) is 11.9 Å². The van der Waals surface area contributed by atoms with E-state index in [0.29, 0.717) is 0 Å². The number of nitro benzene ring substituents is 1. The third-order valence-corrected chi connectivity index (χ3v) is 2.67. The van der Waals surface area contributed by atoms with Gasteiger partial charge in [-0.05, 0) is 19.9 Å². The number of nitro groups is 1. The molecule has 1 aromatic rings. The summed E-state index contributed by atoms with van der Waals surface area (Å²) in [7, 11) is 0. The SMILES string of the molecule is CC(C)(O)CNc1cc(Cl)c(Cl)cc1[N+](=O)[O-].